The van der Waals surface area contributed by atoms with Gasteiger partial charge in [0.25, 0.3) is 0 Å². The first-order valence-electron chi connectivity index (χ1n) is 5.66. The number of aromatic amines is 1. The van der Waals surface area contributed by atoms with Gasteiger partial charge in [0, 0.05) is 30.1 Å². The number of anilines is 1. The Morgan fingerprint density at radius 2 is 2.50 bits per heavy atom. The highest BCUT2D eigenvalue weighted by Gasteiger charge is 2.14. The van der Waals surface area contributed by atoms with E-state index in [-0.39, 0.29) is 0 Å². The van der Waals surface area contributed by atoms with Crippen molar-refractivity contribution < 1.29 is 4.74 Å². The highest BCUT2D eigenvalue weighted by Crippen LogP contribution is 2.18. The molecule has 2 aromatic rings. The van der Waals surface area contributed by atoms with Crippen LogP contribution < -0.4 is 5.32 Å². The molecule has 16 heavy (non-hydrogen) atoms. The maximum absolute atomic E-state index is 5.35. The first kappa shape index (κ1) is 9.66. The van der Waals surface area contributed by atoms with Gasteiger partial charge in [-0.1, -0.05) is 0 Å². The van der Waals surface area contributed by atoms with Gasteiger partial charge >= 0.3 is 0 Å². The van der Waals surface area contributed by atoms with Crippen molar-refractivity contribution in [2.24, 2.45) is 5.92 Å². The number of ether oxygens (including phenoxy) is 1. The summed E-state index contributed by atoms with van der Waals surface area (Å²) in [6.07, 6.45) is 3.01. The summed E-state index contributed by atoms with van der Waals surface area (Å²) in [5.41, 5.74) is 2.23. The molecule has 0 amide bonds. The summed E-state index contributed by atoms with van der Waals surface area (Å²) >= 11 is 0. The van der Waals surface area contributed by atoms with E-state index in [4.69, 9.17) is 4.74 Å². The second-order valence-electron chi connectivity index (χ2n) is 4.28. The number of nitrogens with one attached hydrogen (secondary N) is 2. The van der Waals surface area contributed by atoms with Crippen LogP contribution in [0.4, 0.5) is 5.69 Å². The van der Waals surface area contributed by atoms with E-state index in [0.717, 1.165) is 36.3 Å². The fraction of sp³-hybridized carbons (Fsp3) is 0.417. The third kappa shape index (κ3) is 1.88. The van der Waals surface area contributed by atoms with Crippen molar-refractivity contribution in [3.8, 4) is 0 Å². The Morgan fingerprint density at radius 3 is 3.38 bits per heavy atom. The molecule has 1 aliphatic heterocycles. The van der Waals surface area contributed by atoms with Gasteiger partial charge in [0.05, 0.1) is 18.3 Å². The van der Waals surface area contributed by atoms with Gasteiger partial charge in [-0.2, -0.15) is 5.10 Å². The van der Waals surface area contributed by atoms with Crippen LogP contribution in [0.1, 0.15) is 6.42 Å². The van der Waals surface area contributed by atoms with Crippen molar-refractivity contribution >= 4 is 16.6 Å². The van der Waals surface area contributed by atoms with Gasteiger partial charge in [0.2, 0.25) is 0 Å². The van der Waals surface area contributed by atoms with Gasteiger partial charge < -0.3 is 10.1 Å². The van der Waals surface area contributed by atoms with Gasteiger partial charge in [-0.15, -0.1) is 0 Å². The van der Waals surface area contributed by atoms with Crippen LogP contribution in [-0.4, -0.2) is 30.0 Å². The molecule has 1 aliphatic rings. The molecular formula is C12H15N3O. The number of benzene rings is 1. The predicted molar refractivity (Wildman–Crippen MR) is 63.5 cm³/mol. The fourth-order valence-electron chi connectivity index (χ4n) is 2.06. The standard InChI is InChI=1S/C12H15N3O/c1-2-12-10(7-14-15-12)5-11(1)13-6-9-3-4-16-8-9/h1-2,5,7,9,13H,3-4,6,8H2,(H,14,15). The van der Waals surface area contributed by atoms with Crippen molar-refractivity contribution in [2.75, 3.05) is 25.1 Å². The number of fused-ring (bicyclic) bond motifs is 1. The minimum absolute atomic E-state index is 0.653. The molecule has 0 spiro atoms. The van der Waals surface area contributed by atoms with E-state index in [1.165, 1.54) is 6.42 Å². The molecule has 3 rings (SSSR count). The molecule has 1 fully saturated rings. The van der Waals surface area contributed by atoms with E-state index in [9.17, 15) is 0 Å². The van der Waals surface area contributed by atoms with Crippen LogP contribution >= 0.6 is 0 Å². The minimum atomic E-state index is 0.653. The maximum Gasteiger partial charge on any atom is 0.0651 e. The second kappa shape index (κ2) is 4.14. The average molecular weight is 217 g/mol. The Bertz CT molecular complexity index is 474. The molecule has 4 heteroatoms. The highest BCUT2D eigenvalue weighted by molar-refractivity contribution is 5.81. The maximum atomic E-state index is 5.35. The Labute approximate surface area is 94.0 Å². The average Bonchev–Trinajstić information content (AvgIpc) is 2.97. The highest BCUT2D eigenvalue weighted by atomic mass is 16.5. The van der Waals surface area contributed by atoms with E-state index >= 15 is 0 Å². The Morgan fingerprint density at radius 1 is 1.50 bits per heavy atom. The lowest BCUT2D eigenvalue weighted by molar-refractivity contribution is 0.187. The summed E-state index contributed by atoms with van der Waals surface area (Å²) in [7, 11) is 0. The molecular weight excluding hydrogens is 202 g/mol. The molecule has 1 atom stereocenters. The van der Waals surface area contributed by atoms with E-state index in [2.05, 4.69) is 33.7 Å². The minimum Gasteiger partial charge on any atom is -0.385 e. The van der Waals surface area contributed by atoms with E-state index in [0.29, 0.717) is 5.92 Å². The lowest BCUT2D eigenvalue weighted by Crippen LogP contribution is -2.13. The molecule has 84 valence electrons. The number of hydrogen-bond donors (Lipinski definition) is 2. The molecule has 1 aromatic carbocycles. The molecule has 2 heterocycles. The molecule has 0 saturated carbocycles. The van der Waals surface area contributed by atoms with Crippen LogP contribution in [0.3, 0.4) is 0 Å². The first-order chi connectivity index (χ1) is 7.92. The number of H-pyrrole nitrogens is 1. The topological polar surface area (TPSA) is 49.9 Å². The van der Waals surface area contributed by atoms with Crippen LogP contribution in [0.2, 0.25) is 0 Å². The van der Waals surface area contributed by atoms with Gasteiger partial charge in [0.15, 0.2) is 0 Å². The molecule has 1 unspecified atom stereocenters. The van der Waals surface area contributed by atoms with Crippen LogP contribution in [0.15, 0.2) is 24.4 Å². The summed E-state index contributed by atoms with van der Waals surface area (Å²) in [6, 6.07) is 6.25. The monoisotopic (exact) mass is 217 g/mol. The van der Waals surface area contributed by atoms with Crippen molar-refractivity contribution in [2.45, 2.75) is 6.42 Å². The Balaban J connectivity index is 1.68. The van der Waals surface area contributed by atoms with Gasteiger partial charge in [-0.25, -0.2) is 0 Å². The summed E-state index contributed by atoms with van der Waals surface area (Å²) in [4.78, 5) is 0. The van der Waals surface area contributed by atoms with Crippen LogP contribution in [-0.2, 0) is 4.74 Å². The summed E-state index contributed by atoms with van der Waals surface area (Å²) in [6.45, 7) is 2.79. The van der Waals surface area contributed by atoms with Crippen molar-refractivity contribution in [1.82, 2.24) is 10.2 Å². The van der Waals surface area contributed by atoms with Crippen LogP contribution in [0.25, 0.3) is 10.9 Å². The summed E-state index contributed by atoms with van der Waals surface area (Å²) in [5.74, 6) is 0.653. The zero-order chi connectivity index (χ0) is 10.8. The molecule has 1 saturated heterocycles. The van der Waals surface area contributed by atoms with E-state index in [1.807, 2.05) is 6.20 Å². The largest absolute Gasteiger partial charge is 0.385 e. The van der Waals surface area contributed by atoms with E-state index < -0.39 is 0 Å². The molecule has 0 aliphatic carbocycles. The second-order valence-corrected chi connectivity index (χ2v) is 4.28. The Hall–Kier alpha value is -1.55. The summed E-state index contributed by atoms with van der Waals surface area (Å²) < 4.78 is 5.35. The molecule has 0 bridgehead atoms. The van der Waals surface area contributed by atoms with Gasteiger partial charge in [-0.05, 0) is 24.6 Å². The normalized spacial score (nSPS) is 20.4. The SMILES string of the molecule is c1cc2[nH]ncc2cc1NCC1CCOC1. The molecule has 0 radical (unpaired) electrons. The van der Waals surface area contributed by atoms with Crippen molar-refractivity contribution in [3.63, 3.8) is 0 Å². The first-order valence-corrected chi connectivity index (χ1v) is 5.66. The molecule has 1 aromatic heterocycles. The van der Waals surface area contributed by atoms with Crippen molar-refractivity contribution in [3.05, 3.63) is 24.4 Å². The fourth-order valence-corrected chi connectivity index (χ4v) is 2.06. The lowest BCUT2D eigenvalue weighted by atomic mass is 10.1. The number of hydrogen-bond acceptors (Lipinski definition) is 3. The number of aromatic nitrogens is 2. The van der Waals surface area contributed by atoms with Crippen LogP contribution in [0.5, 0.6) is 0 Å². The van der Waals surface area contributed by atoms with Gasteiger partial charge in [0.1, 0.15) is 0 Å². The molecule has 4 nitrogen and oxygen atoms in total. The lowest BCUT2D eigenvalue weighted by Gasteiger charge is -2.10. The number of nitrogens with zero attached hydrogens (tertiary/aromatic N) is 1. The third-order valence-electron chi connectivity index (χ3n) is 3.06. The molecule has 2 N–H and O–H groups in total. The van der Waals surface area contributed by atoms with E-state index in [1.54, 1.807) is 0 Å². The van der Waals surface area contributed by atoms with Gasteiger partial charge in [-0.3, -0.25) is 5.10 Å². The van der Waals surface area contributed by atoms with Crippen molar-refractivity contribution in [1.29, 1.82) is 0 Å². The zero-order valence-corrected chi connectivity index (χ0v) is 9.07. The van der Waals surface area contributed by atoms with Crippen LogP contribution in [0, 0.1) is 5.92 Å². The smallest absolute Gasteiger partial charge is 0.0651 e. The quantitative estimate of drug-likeness (QED) is 0.826. The predicted octanol–water partition coefficient (Wildman–Crippen LogP) is 2.01. The Kier molecular flexibility index (Phi) is 2.50. The zero-order valence-electron chi connectivity index (χ0n) is 9.07. The number of rotatable bonds is 3. The summed E-state index contributed by atoms with van der Waals surface area (Å²) in [5, 5.41) is 11.5. The third-order valence-corrected chi connectivity index (χ3v) is 3.06.